The molecule has 1 saturated heterocycles. The van der Waals surface area contributed by atoms with Gasteiger partial charge in [-0.15, -0.1) is 0 Å². The van der Waals surface area contributed by atoms with Crippen LogP contribution in [-0.2, 0) is 10.9 Å². The first-order chi connectivity index (χ1) is 10.0. The Morgan fingerprint density at radius 1 is 1.33 bits per heavy atom. The first kappa shape index (κ1) is 15.8. The number of hydrogen-bond acceptors (Lipinski definition) is 3. The topological polar surface area (TPSA) is 36.3 Å². The van der Waals surface area contributed by atoms with Crippen LogP contribution in [0.4, 0.5) is 13.2 Å². The van der Waals surface area contributed by atoms with Crippen molar-refractivity contribution in [2.75, 3.05) is 26.2 Å². The number of rotatable bonds is 4. The van der Waals surface area contributed by atoms with Crippen LogP contribution < -0.4 is 0 Å². The summed E-state index contributed by atoms with van der Waals surface area (Å²) >= 11 is 0. The molecule has 0 bridgehead atoms. The lowest BCUT2D eigenvalue weighted by atomic mass is 10.0. The number of halogens is 3. The van der Waals surface area contributed by atoms with Gasteiger partial charge in [-0.1, -0.05) is 18.2 Å². The Labute approximate surface area is 121 Å². The Balaban J connectivity index is 2.10. The van der Waals surface area contributed by atoms with Crippen molar-refractivity contribution in [3.05, 3.63) is 35.4 Å². The molecule has 1 aromatic rings. The fraction of sp³-hybridized carbons (Fsp3) is 0.533. The molecule has 21 heavy (non-hydrogen) atoms. The molecule has 0 N–H and O–H groups in total. The average Bonchev–Trinajstić information content (AvgIpc) is 2.47. The maximum Gasteiger partial charge on any atom is 0.416 e. The lowest BCUT2D eigenvalue weighted by molar-refractivity contribution is -0.140. The maximum absolute atomic E-state index is 13.0. The molecule has 1 aromatic carbocycles. The number of alkyl halides is 3. The van der Waals surface area contributed by atoms with Crippen LogP contribution in [-0.4, -0.2) is 31.1 Å². The molecule has 114 valence electrons. The van der Waals surface area contributed by atoms with E-state index in [1.807, 2.05) is 0 Å². The van der Waals surface area contributed by atoms with E-state index >= 15 is 0 Å². The summed E-state index contributed by atoms with van der Waals surface area (Å²) in [4.78, 5) is 2.05. The van der Waals surface area contributed by atoms with Gasteiger partial charge in [-0.3, -0.25) is 4.90 Å². The van der Waals surface area contributed by atoms with Crippen LogP contribution >= 0.6 is 0 Å². The monoisotopic (exact) mass is 298 g/mol. The van der Waals surface area contributed by atoms with Crippen molar-refractivity contribution in [2.24, 2.45) is 0 Å². The number of ether oxygens (including phenoxy) is 1. The van der Waals surface area contributed by atoms with Gasteiger partial charge in [0.05, 0.1) is 24.3 Å². The molecule has 1 fully saturated rings. The third-order valence-corrected chi connectivity index (χ3v) is 3.53. The number of hydrogen-bond donors (Lipinski definition) is 0. The van der Waals surface area contributed by atoms with Gasteiger partial charge in [0.2, 0.25) is 0 Å². The van der Waals surface area contributed by atoms with E-state index in [1.54, 1.807) is 6.07 Å². The van der Waals surface area contributed by atoms with Crippen LogP contribution in [0.15, 0.2) is 24.3 Å². The maximum atomic E-state index is 13.0. The molecule has 0 amide bonds. The summed E-state index contributed by atoms with van der Waals surface area (Å²) in [6, 6.07) is 7.63. The van der Waals surface area contributed by atoms with Crippen LogP contribution in [0.3, 0.4) is 0 Å². The molecule has 0 unspecified atom stereocenters. The van der Waals surface area contributed by atoms with E-state index < -0.39 is 17.8 Å². The summed E-state index contributed by atoms with van der Waals surface area (Å²) in [5.74, 6) is 0. The lowest BCUT2D eigenvalue weighted by Crippen LogP contribution is -2.39. The van der Waals surface area contributed by atoms with Crippen LogP contribution in [0, 0.1) is 11.3 Å². The molecular weight excluding hydrogens is 281 g/mol. The minimum Gasteiger partial charge on any atom is -0.371 e. The SMILES string of the molecule is N#CCCCN1CCO[C@H](c2ccccc2C(F)(F)F)C1. The van der Waals surface area contributed by atoms with Crippen molar-refractivity contribution in [1.82, 2.24) is 4.90 Å². The zero-order valence-electron chi connectivity index (χ0n) is 11.6. The molecule has 0 aromatic heterocycles. The molecule has 0 spiro atoms. The number of nitriles is 1. The predicted molar refractivity (Wildman–Crippen MR) is 71.4 cm³/mol. The van der Waals surface area contributed by atoms with Crippen molar-refractivity contribution >= 4 is 0 Å². The lowest BCUT2D eigenvalue weighted by Gasteiger charge is -2.34. The molecule has 3 nitrogen and oxygen atoms in total. The van der Waals surface area contributed by atoms with Gasteiger partial charge in [0.15, 0.2) is 0 Å². The molecule has 1 atom stereocenters. The molecule has 6 heteroatoms. The summed E-state index contributed by atoms with van der Waals surface area (Å²) < 4.78 is 44.7. The number of benzene rings is 1. The minimum atomic E-state index is -4.37. The third kappa shape index (κ3) is 4.19. The fourth-order valence-electron chi connectivity index (χ4n) is 2.51. The van der Waals surface area contributed by atoms with E-state index in [9.17, 15) is 13.2 Å². The van der Waals surface area contributed by atoms with Gasteiger partial charge in [-0.05, 0) is 24.6 Å². The summed E-state index contributed by atoms with van der Waals surface area (Å²) in [5.41, 5.74) is -0.441. The van der Waals surface area contributed by atoms with E-state index in [-0.39, 0.29) is 5.56 Å². The Kier molecular flexibility index (Phi) is 5.21. The van der Waals surface area contributed by atoms with Gasteiger partial charge in [0.25, 0.3) is 0 Å². The van der Waals surface area contributed by atoms with Crippen LogP contribution in [0.2, 0.25) is 0 Å². The highest BCUT2D eigenvalue weighted by Crippen LogP contribution is 2.36. The second-order valence-electron chi connectivity index (χ2n) is 5.01. The molecule has 2 rings (SSSR count). The van der Waals surface area contributed by atoms with E-state index in [1.165, 1.54) is 12.1 Å². The number of unbranched alkanes of at least 4 members (excludes halogenated alkanes) is 1. The van der Waals surface area contributed by atoms with Crippen LogP contribution in [0.1, 0.15) is 30.1 Å². The Morgan fingerprint density at radius 3 is 2.81 bits per heavy atom. The van der Waals surface area contributed by atoms with Gasteiger partial charge in [0.1, 0.15) is 0 Å². The van der Waals surface area contributed by atoms with Crippen LogP contribution in [0.5, 0.6) is 0 Å². The van der Waals surface area contributed by atoms with E-state index in [0.29, 0.717) is 32.7 Å². The molecule has 0 saturated carbocycles. The summed E-state index contributed by atoms with van der Waals surface area (Å²) in [5, 5.41) is 8.53. The highest BCUT2D eigenvalue weighted by Gasteiger charge is 2.36. The predicted octanol–water partition coefficient (Wildman–Crippen LogP) is 3.38. The first-order valence-corrected chi connectivity index (χ1v) is 6.89. The second kappa shape index (κ2) is 6.92. The van der Waals surface area contributed by atoms with E-state index in [0.717, 1.165) is 12.5 Å². The fourth-order valence-corrected chi connectivity index (χ4v) is 2.51. The first-order valence-electron chi connectivity index (χ1n) is 6.89. The Morgan fingerprint density at radius 2 is 2.10 bits per heavy atom. The van der Waals surface area contributed by atoms with Crippen LogP contribution in [0.25, 0.3) is 0 Å². The third-order valence-electron chi connectivity index (χ3n) is 3.53. The molecule has 1 aliphatic heterocycles. The summed E-state index contributed by atoms with van der Waals surface area (Å²) in [7, 11) is 0. The quantitative estimate of drug-likeness (QED) is 0.800. The van der Waals surface area contributed by atoms with Gasteiger partial charge >= 0.3 is 6.18 Å². The van der Waals surface area contributed by atoms with Crippen molar-refractivity contribution in [3.8, 4) is 6.07 Å². The smallest absolute Gasteiger partial charge is 0.371 e. The Hall–Kier alpha value is -1.58. The molecule has 1 heterocycles. The largest absolute Gasteiger partial charge is 0.416 e. The highest BCUT2D eigenvalue weighted by atomic mass is 19.4. The van der Waals surface area contributed by atoms with Gasteiger partial charge in [-0.2, -0.15) is 18.4 Å². The number of morpholine rings is 1. The number of nitrogens with zero attached hydrogens (tertiary/aromatic N) is 2. The van der Waals surface area contributed by atoms with Gasteiger partial charge in [0, 0.05) is 19.5 Å². The Bertz CT molecular complexity index is 510. The zero-order chi connectivity index (χ0) is 15.3. The molecular formula is C15H17F3N2O. The van der Waals surface area contributed by atoms with E-state index in [2.05, 4.69) is 11.0 Å². The van der Waals surface area contributed by atoms with Gasteiger partial charge < -0.3 is 4.74 Å². The second-order valence-corrected chi connectivity index (χ2v) is 5.01. The van der Waals surface area contributed by atoms with E-state index in [4.69, 9.17) is 10.00 Å². The molecule has 0 radical (unpaired) electrons. The average molecular weight is 298 g/mol. The highest BCUT2D eigenvalue weighted by molar-refractivity contribution is 5.32. The van der Waals surface area contributed by atoms with Gasteiger partial charge in [-0.25, -0.2) is 0 Å². The van der Waals surface area contributed by atoms with Crippen molar-refractivity contribution in [1.29, 1.82) is 5.26 Å². The summed E-state index contributed by atoms with van der Waals surface area (Å²) in [6.45, 7) is 2.24. The minimum absolute atomic E-state index is 0.190. The van der Waals surface area contributed by atoms with Crippen molar-refractivity contribution in [3.63, 3.8) is 0 Å². The van der Waals surface area contributed by atoms with Crippen molar-refractivity contribution in [2.45, 2.75) is 25.1 Å². The molecule has 0 aliphatic carbocycles. The molecule has 1 aliphatic rings. The summed E-state index contributed by atoms with van der Waals surface area (Å²) in [6.07, 6.45) is -3.76. The normalized spacial score (nSPS) is 20.2. The van der Waals surface area contributed by atoms with Crippen molar-refractivity contribution < 1.29 is 17.9 Å². The zero-order valence-corrected chi connectivity index (χ0v) is 11.6. The standard InChI is InChI=1S/C15H17F3N2O/c16-15(17,18)13-6-2-1-5-12(13)14-11-20(9-10-21-14)8-4-3-7-19/h1-2,5-6,14H,3-4,8-11H2/t14-/m0/s1.